The number of ether oxygens (including phenoxy) is 1. The minimum Gasteiger partial charge on any atom is -0.379 e. The molecule has 1 N–H and O–H groups in total. The van der Waals surface area contributed by atoms with Crippen LogP contribution in [0.4, 0.5) is 0 Å². The highest BCUT2D eigenvalue weighted by Crippen LogP contribution is 2.19. The minimum atomic E-state index is 0.150. The molecule has 0 aromatic heterocycles. The van der Waals surface area contributed by atoms with Crippen molar-refractivity contribution in [2.75, 3.05) is 65.6 Å². The smallest absolute Gasteiger partial charge is 0.236 e. The zero-order valence-corrected chi connectivity index (χ0v) is 14.7. The molecule has 0 aromatic rings. The number of amides is 2. The lowest BCUT2D eigenvalue weighted by atomic mass is 9.92. The van der Waals surface area contributed by atoms with Gasteiger partial charge in [0.05, 0.1) is 19.8 Å². The number of hydrogen-bond acceptors (Lipinski definition) is 5. The van der Waals surface area contributed by atoms with Gasteiger partial charge in [-0.1, -0.05) is 0 Å². The van der Waals surface area contributed by atoms with E-state index in [0.29, 0.717) is 52.0 Å². The molecule has 0 spiro atoms. The van der Waals surface area contributed by atoms with Gasteiger partial charge in [0, 0.05) is 51.2 Å². The van der Waals surface area contributed by atoms with Gasteiger partial charge in [0.2, 0.25) is 11.8 Å². The first kappa shape index (κ1) is 17.6. The maximum Gasteiger partial charge on any atom is 0.236 e. The van der Waals surface area contributed by atoms with Crippen molar-refractivity contribution < 1.29 is 14.3 Å². The molecular formula is C17H30N4O3. The lowest BCUT2D eigenvalue weighted by Gasteiger charge is -2.38. The second-order valence-electron chi connectivity index (χ2n) is 7.17. The Balaban J connectivity index is 1.43. The van der Waals surface area contributed by atoms with Crippen LogP contribution in [0.3, 0.4) is 0 Å². The van der Waals surface area contributed by atoms with Crippen molar-refractivity contribution in [2.24, 2.45) is 5.92 Å². The Morgan fingerprint density at radius 3 is 2.38 bits per heavy atom. The van der Waals surface area contributed by atoms with Crippen LogP contribution in [0.5, 0.6) is 0 Å². The zero-order valence-electron chi connectivity index (χ0n) is 14.7. The molecule has 7 nitrogen and oxygen atoms in total. The van der Waals surface area contributed by atoms with Gasteiger partial charge >= 0.3 is 0 Å². The SMILES string of the molecule is C[C@H]1C[C@@H](C(=O)N2CCN(C(=O)CN3CCOCC3)CC2)CCN1. The van der Waals surface area contributed by atoms with Crippen molar-refractivity contribution >= 4 is 11.8 Å². The van der Waals surface area contributed by atoms with Crippen molar-refractivity contribution in [3.05, 3.63) is 0 Å². The van der Waals surface area contributed by atoms with Crippen molar-refractivity contribution in [1.29, 1.82) is 0 Å². The van der Waals surface area contributed by atoms with Gasteiger partial charge in [-0.2, -0.15) is 0 Å². The van der Waals surface area contributed by atoms with Crippen LogP contribution in [0, 0.1) is 5.92 Å². The number of nitrogens with one attached hydrogen (secondary N) is 1. The summed E-state index contributed by atoms with van der Waals surface area (Å²) in [6.07, 6.45) is 1.86. The molecule has 3 saturated heterocycles. The second-order valence-corrected chi connectivity index (χ2v) is 7.17. The van der Waals surface area contributed by atoms with E-state index in [9.17, 15) is 9.59 Å². The van der Waals surface area contributed by atoms with Crippen LogP contribution in [-0.2, 0) is 14.3 Å². The summed E-state index contributed by atoms with van der Waals surface area (Å²) >= 11 is 0. The Labute approximate surface area is 144 Å². The third-order valence-corrected chi connectivity index (χ3v) is 5.38. The summed E-state index contributed by atoms with van der Waals surface area (Å²) in [5.41, 5.74) is 0. The maximum atomic E-state index is 12.7. The number of nitrogens with zero attached hydrogens (tertiary/aromatic N) is 3. The van der Waals surface area contributed by atoms with E-state index in [-0.39, 0.29) is 17.7 Å². The monoisotopic (exact) mass is 338 g/mol. The summed E-state index contributed by atoms with van der Waals surface area (Å²) in [5.74, 6) is 0.611. The average Bonchev–Trinajstić information content (AvgIpc) is 2.62. The van der Waals surface area contributed by atoms with Gasteiger partial charge in [-0.3, -0.25) is 14.5 Å². The summed E-state index contributed by atoms with van der Waals surface area (Å²) in [7, 11) is 0. The average molecular weight is 338 g/mol. The van der Waals surface area contributed by atoms with Crippen molar-refractivity contribution in [3.63, 3.8) is 0 Å². The molecule has 2 amide bonds. The number of carbonyl (C=O) groups is 2. The summed E-state index contributed by atoms with van der Waals surface area (Å²) in [4.78, 5) is 31.1. The topological polar surface area (TPSA) is 65.1 Å². The predicted molar refractivity (Wildman–Crippen MR) is 90.6 cm³/mol. The van der Waals surface area contributed by atoms with Crippen LogP contribution in [0.1, 0.15) is 19.8 Å². The number of rotatable bonds is 3. The van der Waals surface area contributed by atoms with Gasteiger partial charge in [-0.05, 0) is 26.3 Å². The summed E-state index contributed by atoms with van der Waals surface area (Å²) in [6, 6.07) is 0.420. The third-order valence-electron chi connectivity index (χ3n) is 5.38. The molecule has 0 unspecified atom stereocenters. The Morgan fingerprint density at radius 2 is 1.71 bits per heavy atom. The van der Waals surface area contributed by atoms with Crippen LogP contribution in [0.25, 0.3) is 0 Å². The first-order valence-electron chi connectivity index (χ1n) is 9.23. The van der Waals surface area contributed by atoms with Gasteiger partial charge in [-0.15, -0.1) is 0 Å². The molecule has 3 aliphatic rings. The number of hydrogen-bond donors (Lipinski definition) is 1. The molecule has 3 rings (SSSR count). The third kappa shape index (κ3) is 4.46. The van der Waals surface area contributed by atoms with E-state index in [2.05, 4.69) is 17.1 Å². The largest absolute Gasteiger partial charge is 0.379 e. The van der Waals surface area contributed by atoms with E-state index < -0.39 is 0 Å². The zero-order chi connectivity index (χ0) is 16.9. The Kier molecular flexibility index (Phi) is 6.08. The van der Waals surface area contributed by atoms with Gasteiger partial charge in [-0.25, -0.2) is 0 Å². The van der Waals surface area contributed by atoms with E-state index in [0.717, 1.165) is 32.5 Å². The highest BCUT2D eigenvalue weighted by Gasteiger charge is 2.31. The lowest BCUT2D eigenvalue weighted by molar-refractivity contribution is -0.143. The maximum absolute atomic E-state index is 12.7. The van der Waals surface area contributed by atoms with Gasteiger partial charge in [0.1, 0.15) is 0 Å². The normalized spacial score (nSPS) is 29.5. The minimum absolute atomic E-state index is 0.150. The Hall–Kier alpha value is -1.18. The van der Waals surface area contributed by atoms with E-state index in [1.54, 1.807) is 0 Å². The van der Waals surface area contributed by atoms with Crippen molar-refractivity contribution in [2.45, 2.75) is 25.8 Å². The number of morpholine rings is 1. The van der Waals surface area contributed by atoms with Crippen LogP contribution < -0.4 is 5.32 Å². The van der Waals surface area contributed by atoms with Crippen molar-refractivity contribution in [3.8, 4) is 0 Å². The van der Waals surface area contributed by atoms with E-state index in [4.69, 9.17) is 4.74 Å². The fraction of sp³-hybridized carbons (Fsp3) is 0.882. The fourth-order valence-corrected chi connectivity index (χ4v) is 3.84. The first-order chi connectivity index (χ1) is 11.6. The highest BCUT2D eigenvalue weighted by atomic mass is 16.5. The molecule has 136 valence electrons. The number of piperazine rings is 1. The molecule has 24 heavy (non-hydrogen) atoms. The standard InChI is InChI=1S/C17H30N4O3/c1-14-12-15(2-3-18-14)17(23)21-6-4-20(5-7-21)16(22)13-19-8-10-24-11-9-19/h14-15,18H,2-13H2,1H3/t14-,15-/m0/s1. The molecule has 2 atom stereocenters. The molecular weight excluding hydrogens is 308 g/mol. The van der Waals surface area contributed by atoms with Crippen LogP contribution >= 0.6 is 0 Å². The van der Waals surface area contributed by atoms with Gasteiger partial charge < -0.3 is 19.9 Å². The molecule has 3 fully saturated rings. The Bertz CT molecular complexity index is 445. The molecule has 0 bridgehead atoms. The molecule has 3 heterocycles. The molecule has 0 aliphatic carbocycles. The van der Waals surface area contributed by atoms with E-state index in [1.165, 1.54) is 0 Å². The molecule has 0 saturated carbocycles. The van der Waals surface area contributed by atoms with Crippen LogP contribution in [-0.4, -0.2) is 98.1 Å². The summed E-state index contributed by atoms with van der Waals surface area (Å²) in [6.45, 7) is 9.30. The Morgan fingerprint density at radius 1 is 1.04 bits per heavy atom. The van der Waals surface area contributed by atoms with Crippen LogP contribution in [0.15, 0.2) is 0 Å². The molecule has 0 radical (unpaired) electrons. The van der Waals surface area contributed by atoms with E-state index in [1.807, 2.05) is 9.80 Å². The van der Waals surface area contributed by atoms with Gasteiger partial charge in [0.25, 0.3) is 0 Å². The second kappa shape index (κ2) is 8.27. The fourth-order valence-electron chi connectivity index (χ4n) is 3.84. The number of piperidine rings is 1. The van der Waals surface area contributed by atoms with Gasteiger partial charge in [0.15, 0.2) is 0 Å². The predicted octanol–water partition coefficient (Wildman–Crippen LogP) is -0.622. The quantitative estimate of drug-likeness (QED) is 0.743. The van der Waals surface area contributed by atoms with E-state index >= 15 is 0 Å². The first-order valence-corrected chi connectivity index (χ1v) is 9.23. The number of carbonyl (C=O) groups excluding carboxylic acids is 2. The molecule has 3 aliphatic heterocycles. The van der Waals surface area contributed by atoms with Crippen LogP contribution in [0.2, 0.25) is 0 Å². The summed E-state index contributed by atoms with van der Waals surface area (Å²) in [5, 5.41) is 3.39. The molecule has 7 heteroatoms. The summed E-state index contributed by atoms with van der Waals surface area (Å²) < 4.78 is 5.32. The highest BCUT2D eigenvalue weighted by molar-refractivity contribution is 5.81. The lowest BCUT2D eigenvalue weighted by Crippen LogP contribution is -2.55. The van der Waals surface area contributed by atoms with Crippen molar-refractivity contribution in [1.82, 2.24) is 20.0 Å². The molecule has 0 aromatic carbocycles.